The highest BCUT2D eigenvalue weighted by molar-refractivity contribution is 7.89. The van der Waals surface area contributed by atoms with Crippen LogP contribution in [0.1, 0.15) is 5.69 Å². The molecule has 0 saturated heterocycles. The molecule has 0 bridgehead atoms. The van der Waals surface area contributed by atoms with Gasteiger partial charge in [-0.1, -0.05) is 0 Å². The van der Waals surface area contributed by atoms with Crippen molar-refractivity contribution < 1.29 is 21.6 Å². The second-order valence-electron chi connectivity index (χ2n) is 3.92. The van der Waals surface area contributed by atoms with E-state index in [0.29, 0.717) is 17.8 Å². The summed E-state index contributed by atoms with van der Waals surface area (Å²) in [5.74, 6) is -4.13. The van der Waals surface area contributed by atoms with Gasteiger partial charge in [0.1, 0.15) is 17.5 Å². The topological polar surface area (TPSA) is 74.8 Å². The van der Waals surface area contributed by atoms with Gasteiger partial charge in [0, 0.05) is 37.0 Å². The summed E-state index contributed by atoms with van der Waals surface area (Å²) in [6, 6.07) is 0.624. The summed E-state index contributed by atoms with van der Waals surface area (Å²) in [5, 5.41) is 0. The Morgan fingerprint density at radius 1 is 1.20 bits per heavy atom. The molecule has 0 atom stereocenters. The van der Waals surface area contributed by atoms with Crippen molar-refractivity contribution >= 4 is 10.0 Å². The Balaban J connectivity index is 2.14. The molecule has 108 valence electrons. The molecule has 0 aliphatic heterocycles. The molecule has 0 amide bonds. The second-order valence-corrected chi connectivity index (χ2v) is 5.63. The molecule has 0 aliphatic rings. The first kappa shape index (κ1) is 14.5. The summed E-state index contributed by atoms with van der Waals surface area (Å²) in [7, 11) is -4.39. The highest BCUT2D eigenvalue weighted by Gasteiger charge is 2.24. The highest BCUT2D eigenvalue weighted by Crippen LogP contribution is 2.19. The van der Waals surface area contributed by atoms with Gasteiger partial charge >= 0.3 is 0 Å². The second kappa shape index (κ2) is 5.63. The fraction of sp³-hybridized carbons (Fsp3) is 0.182. The van der Waals surface area contributed by atoms with Crippen LogP contribution in [0.5, 0.6) is 0 Å². The van der Waals surface area contributed by atoms with Gasteiger partial charge in [0.15, 0.2) is 4.90 Å². The number of sulfonamides is 1. The molecule has 1 aromatic heterocycles. The van der Waals surface area contributed by atoms with E-state index in [1.54, 1.807) is 0 Å². The van der Waals surface area contributed by atoms with Crippen LogP contribution in [0.25, 0.3) is 0 Å². The van der Waals surface area contributed by atoms with Gasteiger partial charge in [0.25, 0.3) is 0 Å². The molecule has 2 rings (SSSR count). The minimum absolute atomic E-state index is 0.0826. The number of imidazole rings is 1. The third-order valence-corrected chi connectivity index (χ3v) is 3.98. The van der Waals surface area contributed by atoms with Gasteiger partial charge in [-0.25, -0.2) is 31.3 Å². The van der Waals surface area contributed by atoms with Crippen molar-refractivity contribution in [3.05, 3.63) is 47.8 Å². The van der Waals surface area contributed by atoms with E-state index in [1.807, 2.05) is 4.72 Å². The average molecular weight is 305 g/mol. The summed E-state index contributed by atoms with van der Waals surface area (Å²) in [4.78, 5) is 5.30. The first-order valence-electron chi connectivity index (χ1n) is 5.51. The van der Waals surface area contributed by atoms with E-state index in [-0.39, 0.29) is 13.0 Å². The lowest BCUT2D eigenvalue weighted by Crippen LogP contribution is -2.28. The summed E-state index contributed by atoms with van der Waals surface area (Å²) in [6.07, 6.45) is 3.18. The molecule has 0 saturated carbocycles. The first-order valence-corrected chi connectivity index (χ1v) is 7.00. The van der Waals surface area contributed by atoms with Crippen LogP contribution in [-0.4, -0.2) is 24.9 Å². The van der Waals surface area contributed by atoms with Crippen LogP contribution in [0.2, 0.25) is 0 Å². The van der Waals surface area contributed by atoms with Crippen molar-refractivity contribution in [3.8, 4) is 0 Å². The van der Waals surface area contributed by atoms with Crippen molar-refractivity contribution in [1.29, 1.82) is 0 Å². The van der Waals surface area contributed by atoms with Crippen molar-refractivity contribution in [2.75, 3.05) is 6.54 Å². The Kier molecular flexibility index (Phi) is 4.09. The number of nitrogens with zero attached hydrogens (tertiary/aromatic N) is 1. The molecular formula is C11H10F3N3O2S. The zero-order chi connectivity index (χ0) is 14.8. The number of aromatic nitrogens is 2. The summed E-state index contributed by atoms with van der Waals surface area (Å²) in [5.41, 5.74) is 0.660. The Morgan fingerprint density at radius 3 is 2.40 bits per heavy atom. The molecule has 9 heteroatoms. The van der Waals surface area contributed by atoms with Crippen LogP contribution in [0.4, 0.5) is 13.2 Å². The van der Waals surface area contributed by atoms with Crippen LogP contribution in [0.3, 0.4) is 0 Å². The molecule has 0 spiro atoms. The molecular weight excluding hydrogens is 295 g/mol. The molecule has 0 aliphatic carbocycles. The van der Waals surface area contributed by atoms with Gasteiger partial charge < -0.3 is 4.98 Å². The molecule has 1 aromatic carbocycles. The van der Waals surface area contributed by atoms with E-state index in [9.17, 15) is 21.6 Å². The van der Waals surface area contributed by atoms with E-state index >= 15 is 0 Å². The maximum atomic E-state index is 13.4. The van der Waals surface area contributed by atoms with E-state index in [0.717, 1.165) is 0 Å². The van der Waals surface area contributed by atoms with Gasteiger partial charge in [0.2, 0.25) is 10.0 Å². The standard InChI is InChI=1S/C11H10F3N3O2S/c12-7-3-9(13)11(10(14)4-7)20(18,19)17-2-1-8-5-15-6-16-8/h3-6,17H,1-2H2,(H,15,16). The number of rotatable bonds is 5. The van der Waals surface area contributed by atoms with Crippen LogP contribution in [0, 0.1) is 17.5 Å². The number of aromatic amines is 1. The number of H-pyrrole nitrogens is 1. The van der Waals surface area contributed by atoms with Crippen molar-refractivity contribution in [2.24, 2.45) is 0 Å². The van der Waals surface area contributed by atoms with Gasteiger partial charge in [-0.15, -0.1) is 0 Å². The average Bonchev–Trinajstić information content (AvgIpc) is 2.79. The van der Waals surface area contributed by atoms with E-state index in [1.165, 1.54) is 12.5 Å². The van der Waals surface area contributed by atoms with Gasteiger partial charge in [-0.3, -0.25) is 0 Å². The molecule has 0 radical (unpaired) electrons. The van der Waals surface area contributed by atoms with E-state index < -0.39 is 32.4 Å². The van der Waals surface area contributed by atoms with Crippen LogP contribution < -0.4 is 4.72 Å². The maximum absolute atomic E-state index is 13.4. The third-order valence-electron chi connectivity index (χ3n) is 2.47. The normalized spacial score (nSPS) is 11.8. The fourth-order valence-electron chi connectivity index (χ4n) is 1.60. The zero-order valence-electron chi connectivity index (χ0n) is 10.0. The largest absolute Gasteiger partial charge is 0.348 e. The SMILES string of the molecule is O=S(=O)(NCCc1cnc[nH]1)c1c(F)cc(F)cc1F. The monoisotopic (exact) mass is 305 g/mol. The summed E-state index contributed by atoms with van der Waals surface area (Å²) >= 11 is 0. The van der Waals surface area contributed by atoms with E-state index in [2.05, 4.69) is 9.97 Å². The van der Waals surface area contributed by atoms with E-state index in [4.69, 9.17) is 0 Å². The lowest BCUT2D eigenvalue weighted by Gasteiger charge is -2.08. The molecule has 2 N–H and O–H groups in total. The zero-order valence-corrected chi connectivity index (χ0v) is 10.8. The summed E-state index contributed by atoms with van der Waals surface area (Å²) in [6.45, 7) is -0.0826. The lowest BCUT2D eigenvalue weighted by molar-refractivity contribution is 0.494. The minimum atomic E-state index is -4.39. The molecule has 5 nitrogen and oxygen atoms in total. The van der Waals surface area contributed by atoms with Crippen molar-refractivity contribution in [2.45, 2.75) is 11.3 Å². The molecule has 2 aromatic rings. The number of hydrogen-bond donors (Lipinski definition) is 2. The Hall–Kier alpha value is -1.87. The van der Waals surface area contributed by atoms with Gasteiger partial charge in [-0.2, -0.15) is 0 Å². The molecule has 0 unspecified atom stereocenters. The summed E-state index contributed by atoms with van der Waals surface area (Å²) < 4.78 is 65.1. The number of benzene rings is 1. The van der Waals surface area contributed by atoms with Crippen LogP contribution in [0.15, 0.2) is 29.6 Å². The Labute approximate surface area is 112 Å². The van der Waals surface area contributed by atoms with Gasteiger partial charge in [0.05, 0.1) is 6.33 Å². The molecule has 0 fully saturated rings. The highest BCUT2D eigenvalue weighted by atomic mass is 32.2. The predicted octanol–water partition coefficient (Wildman–Crippen LogP) is 1.35. The number of hydrogen-bond acceptors (Lipinski definition) is 3. The van der Waals surface area contributed by atoms with Crippen LogP contribution >= 0.6 is 0 Å². The number of halogens is 3. The first-order chi connectivity index (χ1) is 9.40. The maximum Gasteiger partial charge on any atom is 0.246 e. The predicted molar refractivity (Wildman–Crippen MR) is 63.8 cm³/mol. The minimum Gasteiger partial charge on any atom is -0.348 e. The fourth-order valence-corrected chi connectivity index (χ4v) is 2.75. The quantitative estimate of drug-likeness (QED) is 0.875. The molecule has 1 heterocycles. The Morgan fingerprint density at radius 2 is 1.85 bits per heavy atom. The third kappa shape index (κ3) is 3.17. The number of nitrogens with one attached hydrogen (secondary N) is 2. The van der Waals surface area contributed by atoms with Crippen molar-refractivity contribution in [1.82, 2.24) is 14.7 Å². The molecule has 20 heavy (non-hydrogen) atoms. The Bertz CT molecular complexity index is 679. The smallest absolute Gasteiger partial charge is 0.246 e. The van der Waals surface area contributed by atoms with Crippen molar-refractivity contribution in [3.63, 3.8) is 0 Å². The van der Waals surface area contributed by atoms with Gasteiger partial charge in [-0.05, 0) is 0 Å². The van der Waals surface area contributed by atoms with Crippen LogP contribution in [-0.2, 0) is 16.4 Å². The lowest BCUT2D eigenvalue weighted by atomic mass is 10.3.